The third-order valence-corrected chi connectivity index (χ3v) is 4.56. The molecule has 1 aliphatic rings. The van der Waals surface area contributed by atoms with Gasteiger partial charge >= 0.3 is 0 Å². The smallest absolute Gasteiger partial charge is 0.220 e. The molecule has 0 aromatic heterocycles. The van der Waals surface area contributed by atoms with Gasteiger partial charge in [-0.05, 0) is 35.6 Å². The van der Waals surface area contributed by atoms with Crippen LogP contribution in [0.1, 0.15) is 37.4 Å². The molecule has 0 spiro atoms. The third-order valence-electron chi connectivity index (χ3n) is 4.56. The number of fused-ring (bicyclic) bond motifs is 1. The van der Waals surface area contributed by atoms with Crippen LogP contribution < -0.4 is 14.8 Å². The van der Waals surface area contributed by atoms with Gasteiger partial charge in [-0.15, -0.1) is 6.58 Å². The van der Waals surface area contributed by atoms with E-state index in [0.717, 1.165) is 31.0 Å². The summed E-state index contributed by atoms with van der Waals surface area (Å²) in [5.41, 5.74) is 2.44. The van der Waals surface area contributed by atoms with Gasteiger partial charge in [-0.25, -0.2) is 0 Å². The number of methoxy groups -OCH3 is 2. The summed E-state index contributed by atoms with van der Waals surface area (Å²) in [6.07, 6.45) is 3.40. The molecule has 1 atom stereocenters. The predicted molar refractivity (Wildman–Crippen MR) is 100 cm³/mol. The zero-order valence-corrected chi connectivity index (χ0v) is 15.8. The van der Waals surface area contributed by atoms with Gasteiger partial charge in [-0.3, -0.25) is 9.69 Å². The number of hydrogen-bond donors (Lipinski definition) is 1. The average molecular weight is 346 g/mol. The molecule has 0 fully saturated rings. The molecule has 0 bridgehead atoms. The molecule has 1 aromatic carbocycles. The van der Waals surface area contributed by atoms with Crippen molar-refractivity contribution in [3.63, 3.8) is 0 Å². The van der Waals surface area contributed by atoms with Gasteiger partial charge in [-0.1, -0.05) is 19.9 Å². The van der Waals surface area contributed by atoms with Gasteiger partial charge in [0.15, 0.2) is 11.5 Å². The maximum Gasteiger partial charge on any atom is 0.220 e. The molecule has 2 rings (SSSR count). The average Bonchev–Trinajstić information content (AvgIpc) is 2.59. The number of hydrogen-bond acceptors (Lipinski definition) is 4. The number of amides is 1. The van der Waals surface area contributed by atoms with E-state index >= 15 is 0 Å². The number of carbonyl (C=O) groups excluding carboxylic acids is 1. The molecule has 138 valence electrons. The van der Waals surface area contributed by atoms with E-state index in [4.69, 9.17) is 9.47 Å². The molecular weight excluding hydrogens is 316 g/mol. The Balaban J connectivity index is 2.27. The van der Waals surface area contributed by atoms with Gasteiger partial charge in [0.1, 0.15) is 0 Å². The normalized spacial score (nSPS) is 17.1. The van der Waals surface area contributed by atoms with Crippen molar-refractivity contribution in [2.24, 2.45) is 5.92 Å². The van der Waals surface area contributed by atoms with Crippen LogP contribution in [0.4, 0.5) is 0 Å². The first kappa shape index (κ1) is 19.3. The van der Waals surface area contributed by atoms with Crippen molar-refractivity contribution in [2.45, 2.75) is 32.7 Å². The topological polar surface area (TPSA) is 50.8 Å². The van der Waals surface area contributed by atoms with Gasteiger partial charge in [0.25, 0.3) is 0 Å². The van der Waals surface area contributed by atoms with E-state index in [1.165, 1.54) is 11.1 Å². The lowest BCUT2D eigenvalue weighted by molar-refractivity contribution is -0.122. The highest BCUT2D eigenvalue weighted by atomic mass is 16.5. The summed E-state index contributed by atoms with van der Waals surface area (Å²) in [6, 6.07) is 4.21. The highest BCUT2D eigenvalue weighted by molar-refractivity contribution is 5.76. The quantitative estimate of drug-likeness (QED) is 0.735. The predicted octanol–water partition coefficient (Wildman–Crippen LogP) is 2.95. The van der Waals surface area contributed by atoms with Crippen molar-refractivity contribution in [3.05, 3.63) is 35.9 Å². The Morgan fingerprint density at radius 2 is 2.04 bits per heavy atom. The van der Waals surface area contributed by atoms with Crippen molar-refractivity contribution < 1.29 is 14.3 Å². The minimum atomic E-state index is 0.0983. The molecule has 25 heavy (non-hydrogen) atoms. The lowest BCUT2D eigenvalue weighted by atomic mass is 9.91. The Bertz CT molecular complexity index is 613. The summed E-state index contributed by atoms with van der Waals surface area (Å²) in [5.74, 6) is 1.93. The second kappa shape index (κ2) is 8.90. The van der Waals surface area contributed by atoms with E-state index in [1.807, 2.05) is 12.1 Å². The van der Waals surface area contributed by atoms with Gasteiger partial charge in [0.05, 0.1) is 20.3 Å². The third kappa shape index (κ3) is 4.75. The van der Waals surface area contributed by atoms with Gasteiger partial charge in [-0.2, -0.15) is 0 Å². The minimum absolute atomic E-state index is 0.0983. The Hall–Kier alpha value is -2.01. The number of nitrogens with one attached hydrogen (secondary N) is 1. The summed E-state index contributed by atoms with van der Waals surface area (Å²) >= 11 is 0. The van der Waals surface area contributed by atoms with Crippen LogP contribution in [0.15, 0.2) is 24.8 Å². The van der Waals surface area contributed by atoms with Crippen molar-refractivity contribution in [1.29, 1.82) is 0 Å². The molecule has 1 heterocycles. The van der Waals surface area contributed by atoms with Crippen LogP contribution >= 0.6 is 0 Å². The lowest BCUT2D eigenvalue weighted by Gasteiger charge is -2.37. The first-order chi connectivity index (χ1) is 12.0. The van der Waals surface area contributed by atoms with E-state index in [2.05, 4.69) is 36.7 Å². The van der Waals surface area contributed by atoms with Gasteiger partial charge in [0, 0.05) is 26.1 Å². The summed E-state index contributed by atoms with van der Waals surface area (Å²) in [5, 5.41) is 3.09. The van der Waals surface area contributed by atoms with Crippen LogP contribution in [0.3, 0.4) is 0 Å². The second-order valence-corrected chi connectivity index (χ2v) is 6.86. The number of carbonyl (C=O) groups is 1. The van der Waals surface area contributed by atoms with E-state index < -0.39 is 0 Å². The van der Waals surface area contributed by atoms with E-state index in [9.17, 15) is 4.79 Å². The number of benzene rings is 1. The largest absolute Gasteiger partial charge is 0.493 e. The van der Waals surface area contributed by atoms with Crippen LogP contribution in [0.2, 0.25) is 0 Å². The Morgan fingerprint density at radius 3 is 2.64 bits per heavy atom. The molecule has 0 saturated heterocycles. The maximum atomic E-state index is 12.1. The van der Waals surface area contributed by atoms with Crippen LogP contribution in [-0.4, -0.2) is 44.7 Å². The first-order valence-electron chi connectivity index (χ1n) is 8.86. The zero-order valence-electron chi connectivity index (χ0n) is 15.8. The summed E-state index contributed by atoms with van der Waals surface area (Å²) < 4.78 is 10.9. The Morgan fingerprint density at radius 1 is 1.36 bits per heavy atom. The molecule has 1 amide bonds. The molecule has 1 aliphatic heterocycles. The molecule has 1 N–H and O–H groups in total. The summed E-state index contributed by atoms with van der Waals surface area (Å²) in [6.45, 7) is 10.3. The van der Waals surface area contributed by atoms with E-state index in [1.54, 1.807) is 14.2 Å². The summed E-state index contributed by atoms with van der Waals surface area (Å²) in [7, 11) is 3.30. The van der Waals surface area contributed by atoms with E-state index in [-0.39, 0.29) is 11.9 Å². The van der Waals surface area contributed by atoms with Gasteiger partial charge in [0.2, 0.25) is 5.91 Å². The maximum absolute atomic E-state index is 12.1. The molecule has 0 unspecified atom stereocenters. The van der Waals surface area contributed by atoms with Crippen molar-refractivity contribution in [3.8, 4) is 11.5 Å². The zero-order chi connectivity index (χ0) is 18.4. The minimum Gasteiger partial charge on any atom is -0.493 e. The fraction of sp³-hybridized carbons (Fsp3) is 0.550. The monoisotopic (exact) mass is 346 g/mol. The standard InChI is InChI=1S/C20H30N2O3/c1-6-8-22-9-7-15-11-18(24-4)19(25-5)12-16(15)17(22)13-21-20(23)10-14(2)3/h6,11-12,14,17H,1,7-10,13H2,2-5H3,(H,21,23)/t17-/m0/s1. The highest BCUT2D eigenvalue weighted by Gasteiger charge is 2.28. The number of rotatable bonds is 8. The molecule has 1 aromatic rings. The first-order valence-corrected chi connectivity index (χ1v) is 8.86. The SMILES string of the molecule is C=CCN1CCc2cc(OC)c(OC)cc2[C@@H]1CNC(=O)CC(C)C. The van der Waals surface area contributed by atoms with Crippen LogP contribution in [-0.2, 0) is 11.2 Å². The second-order valence-electron chi connectivity index (χ2n) is 6.86. The van der Waals surface area contributed by atoms with Crippen LogP contribution in [0.25, 0.3) is 0 Å². The molecule has 0 saturated carbocycles. The Kier molecular flexibility index (Phi) is 6.88. The van der Waals surface area contributed by atoms with E-state index in [0.29, 0.717) is 18.9 Å². The molecule has 5 heteroatoms. The summed E-state index contributed by atoms with van der Waals surface area (Å²) in [4.78, 5) is 14.4. The highest BCUT2D eigenvalue weighted by Crippen LogP contribution is 2.37. The number of nitrogens with zero attached hydrogens (tertiary/aromatic N) is 1. The molecule has 5 nitrogen and oxygen atoms in total. The molecule has 0 aliphatic carbocycles. The molecular formula is C20H30N2O3. The Labute approximate surface area is 151 Å². The van der Waals surface area contributed by atoms with Gasteiger partial charge < -0.3 is 14.8 Å². The van der Waals surface area contributed by atoms with Crippen LogP contribution in [0, 0.1) is 5.92 Å². The van der Waals surface area contributed by atoms with Crippen molar-refractivity contribution in [1.82, 2.24) is 10.2 Å². The van der Waals surface area contributed by atoms with Crippen LogP contribution in [0.5, 0.6) is 11.5 Å². The van der Waals surface area contributed by atoms with Crippen molar-refractivity contribution >= 4 is 5.91 Å². The number of ether oxygens (including phenoxy) is 2. The fourth-order valence-electron chi connectivity index (χ4n) is 3.36. The fourth-order valence-corrected chi connectivity index (χ4v) is 3.36. The molecule has 0 radical (unpaired) electrons. The van der Waals surface area contributed by atoms with Crippen molar-refractivity contribution in [2.75, 3.05) is 33.9 Å². The lowest BCUT2D eigenvalue weighted by Crippen LogP contribution is -2.42.